The molecule has 2 unspecified atom stereocenters. The van der Waals surface area contributed by atoms with E-state index >= 15 is 0 Å². The molecule has 3 heteroatoms. The number of carbonyl (C=O) groups excluding carboxylic acids is 1. The van der Waals surface area contributed by atoms with Crippen molar-refractivity contribution in [2.45, 2.75) is 77.4 Å². The molecule has 1 saturated heterocycles. The third-order valence-corrected chi connectivity index (χ3v) is 4.78. The highest BCUT2D eigenvalue weighted by Gasteiger charge is 2.40. The van der Waals surface area contributed by atoms with Crippen LogP contribution in [0.3, 0.4) is 0 Å². The molecule has 134 valence electrons. The van der Waals surface area contributed by atoms with E-state index in [1.54, 1.807) is 0 Å². The SMILES string of the molecule is CCCCCCC1C(=O)OC1CCCCCOCc1ccccc1. The predicted octanol–water partition coefficient (Wildman–Crippen LogP) is 5.28. The Kier molecular flexibility index (Phi) is 8.90. The molecule has 1 heterocycles. The third-order valence-electron chi connectivity index (χ3n) is 4.78. The fraction of sp³-hybridized carbons (Fsp3) is 0.667. The van der Waals surface area contributed by atoms with E-state index in [4.69, 9.17) is 9.47 Å². The fourth-order valence-corrected chi connectivity index (χ4v) is 3.24. The summed E-state index contributed by atoms with van der Waals surface area (Å²) < 4.78 is 11.0. The normalized spacial score (nSPS) is 19.8. The minimum atomic E-state index is 0.0303. The van der Waals surface area contributed by atoms with E-state index in [1.807, 2.05) is 18.2 Å². The van der Waals surface area contributed by atoms with Gasteiger partial charge in [-0.25, -0.2) is 0 Å². The van der Waals surface area contributed by atoms with Crippen LogP contribution in [0.5, 0.6) is 0 Å². The number of hydrogen-bond acceptors (Lipinski definition) is 3. The van der Waals surface area contributed by atoms with Crippen molar-refractivity contribution in [3.63, 3.8) is 0 Å². The van der Waals surface area contributed by atoms with Crippen LogP contribution in [-0.2, 0) is 20.9 Å². The molecule has 24 heavy (non-hydrogen) atoms. The zero-order valence-corrected chi connectivity index (χ0v) is 15.0. The fourth-order valence-electron chi connectivity index (χ4n) is 3.24. The third kappa shape index (κ3) is 6.64. The lowest BCUT2D eigenvalue weighted by Gasteiger charge is -2.35. The summed E-state index contributed by atoms with van der Waals surface area (Å²) in [5.74, 6) is 0.207. The molecule has 0 aromatic heterocycles. The Hall–Kier alpha value is -1.35. The molecule has 3 nitrogen and oxygen atoms in total. The van der Waals surface area contributed by atoms with Crippen molar-refractivity contribution in [1.82, 2.24) is 0 Å². The monoisotopic (exact) mass is 332 g/mol. The first-order chi connectivity index (χ1) is 11.8. The molecule has 0 radical (unpaired) electrons. The Morgan fingerprint density at radius 3 is 2.46 bits per heavy atom. The standard InChI is InChI=1S/C21H32O3/c1-2-3-4-9-14-19-20(24-21(19)22)15-10-6-11-16-23-17-18-12-7-5-8-13-18/h5,7-8,12-13,19-20H,2-4,6,9-11,14-17H2,1H3. The average Bonchev–Trinajstić information content (AvgIpc) is 2.60. The van der Waals surface area contributed by atoms with E-state index in [1.165, 1.54) is 24.8 Å². The lowest BCUT2D eigenvalue weighted by Crippen LogP contribution is -2.44. The second-order valence-corrected chi connectivity index (χ2v) is 6.82. The molecule has 0 amide bonds. The van der Waals surface area contributed by atoms with Gasteiger partial charge in [0.2, 0.25) is 0 Å². The average molecular weight is 332 g/mol. The van der Waals surface area contributed by atoms with Crippen molar-refractivity contribution in [3.8, 4) is 0 Å². The number of benzene rings is 1. The van der Waals surface area contributed by atoms with Crippen molar-refractivity contribution in [2.24, 2.45) is 5.92 Å². The Bertz CT molecular complexity index is 457. The van der Waals surface area contributed by atoms with Gasteiger partial charge in [-0.3, -0.25) is 4.79 Å². The van der Waals surface area contributed by atoms with Crippen LogP contribution in [0.15, 0.2) is 30.3 Å². The first-order valence-electron chi connectivity index (χ1n) is 9.63. The quantitative estimate of drug-likeness (QED) is 0.364. The highest BCUT2D eigenvalue weighted by molar-refractivity contribution is 5.78. The highest BCUT2D eigenvalue weighted by atomic mass is 16.6. The number of hydrogen-bond donors (Lipinski definition) is 0. The molecule has 2 rings (SSSR count). The highest BCUT2D eigenvalue weighted by Crippen LogP contribution is 2.31. The van der Waals surface area contributed by atoms with Gasteiger partial charge >= 0.3 is 5.97 Å². The van der Waals surface area contributed by atoms with Gasteiger partial charge < -0.3 is 9.47 Å². The van der Waals surface area contributed by atoms with Crippen molar-refractivity contribution in [3.05, 3.63) is 35.9 Å². The van der Waals surface area contributed by atoms with Crippen LogP contribution in [0.4, 0.5) is 0 Å². The minimum Gasteiger partial charge on any atom is -0.461 e. The second kappa shape index (κ2) is 11.2. The maximum atomic E-state index is 11.6. The molecule has 0 N–H and O–H groups in total. The number of esters is 1. The molecule has 1 aliphatic rings. The lowest BCUT2D eigenvalue weighted by molar-refractivity contribution is -0.186. The van der Waals surface area contributed by atoms with Crippen LogP contribution in [0.2, 0.25) is 0 Å². The molecular weight excluding hydrogens is 300 g/mol. The van der Waals surface area contributed by atoms with E-state index in [9.17, 15) is 4.79 Å². The summed E-state index contributed by atoms with van der Waals surface area (Å²) in [4.78, 5) is 11.6. The van der Waals surface area contributed by atoms with Crippen LogP contribution in [-0.4, -0.2) is 18.7 Å². The minimum absolute atomic E-state index is 0.0303. The predicted molar refractivity (Wildman–Crippen MR) is 96.7 cm³/mol. The summed E-state index contributed by atoms with van der Waals surface area (Å²) in [5, 5.41) is 0. The van der Waals surface area contributed by atoms with Crippen molar-refractivity contribution in [2.75, 3.05) is 6.61 Å². The molecule has 0 spiro atoms. The molecule has 1 aromatic carbocycles. The van der Waals surface area contributed by atoms with E-state index < -0.39 is 0 Å². The van der Waals surface area contributed by atoms with Gasteiger partial charge in [0.15, 0.2) is 0 Å². The van der Waals surface area contributed by atoms with Gasteiger partial charge in [0.25, 0.3) is 0 Å². The van der Waals surface area contributed by atoms with Gasteiger partial charge in [0, 0.05) is 6.61 Å². The van der Waals surface area contributed by atoms with Gasteiger partial charge in [-0.15, -0.1) is 0 Å². The van der Waals surface area contributed by atoms with Gasteiger partial charge in [-0.2, -0.15) is 0 Å². The summed E-state index contributed by atoms with van der Waals surface area (Å²) in [6.45, 7) is 3.71. The topological polar surface area (TPSA) is 35.5 Å². The van der Waals surface area contributed by atoms with Gasteiger partial charge in [0.05, 0.1) is 12.5 Å². The van der Waals surface area contributed by atoms with Crippen molar-refractivity contribution in [1.29, 1.82) is 0 Å². The van der Waals surface area contributed by atoms with Crippen LogP contribution in [0.25, 0.3) is 0 Å². The Morgan fingerprint density at radius 1 is 0.958 bits per heavy atom. The van der Waals surface area contributed by atoms with Crippen LogP contribution in [0, 0.1) is 5.92 Å². The number of cyclic esters (lactones) is 1. The number of rotatable bonds is 13. The van der Waals surface area contributed by atoms with E-state index in [0.29, 0.717) is 6.61 Å². The van der Waals surface area contributed by atoms with Gasteiger partial charge in [0.1, 0.15) is 6.10 Å². The molecule has 0 bridgehead atoms. The molecule has 0 saturated carbocycles. The number of unbranched alkanes of at least 4 members (excludes halogenated alkanes) is 5. The summed E-state index contributed by atoms with van der Waals surface area (Å²) in [5.41, 5.74) is 1.23. The zero-order chi connectivity index (χ0) is 17.0. The molecule has 1 fully saturated rings. The van der Waals surface area contributed by atoms with Crippen LogP contribution < -0.4 is 0 Å². The van der Waals surface area contributed by atoms with Crippen molar-refractivity contribution >= 4 is 5.97 Å². The Morgan fingerprint density at radius 2 is 1.71 bits per heavy atom. The van der Waals surface area contributed by atoms with Crippen molar-refractivity contribution < 1.29 is 14.3 Å². The first kappa shape index (κ1) is 19.0. The van der Waals surface area contributed by atoms with Gasteiger partial charge in [-0.1, -0.05) is 69.4 Å². The number of ether oxygens (including phenoxy) is 2. The first-order valence-corrected chi connectivity index (χ1v) is 9.63. The molecule has 0 aliphatic carbocycles. The summed E-state index contributed by atoms with van der Waals surface area (Å²) in [6.07, 6.45) is 10.5. The zero-order valence-electron chi connectivity index (χ0n) is 15.0. The van der Waals surface area contributed by atoms with Crippen LogP contribution >= 0.6 is 0 Å². The van der Waals surface area contributed by atoms with E-state index in [0.717, 1.165) is 45.1 Å². The number of carbonyl (C=O) groups is 1. The smallest absolute Gasteiger partial charge is 0.313 e. The second-order valence-electron chi connectivity index (χ2n) is 6.82. The summed E-state index contributed by atoms with van der Waals surface area (Å²) in [6, 6.07) is 10.3. The molecule has 1 aliphatic heterocycles. The maximum Gasteiger partial charge on any atom is 0.313 e. The van der Waals surface area contributed by atoms with E-state index in [-0.39, 0.29) is 18.0 Å². The van der Waals surface area contributed by atoms with Gasteiger partial charge in [-0.05, 0) is 31.2 Å². The van der Waals surface area contributed by atoms with E-state index in [2.05, 4.69) is 19.1 Å². The molecule has 1 aromatic rings. The summed E-state index contributed by atoms with van der Waals surface area (Å²) in [7, 11) is 0. The maximum absolute atomic E-state index is 11.6. The molecule has 2 atom stereocenters. The summed E-state index contributed by atoms with van der Waals surface area (Å²) >= 11 is 0. The molecular formula is C21H32O3. The largest absolute Gasteiger partial charge is 0.461 e. The van der Waals surface area contributed by atoms with Crippen LogP contribution in [0.1, 0.15) is 70.3 Å². The Balaban J connectivity index is 1.46. The lowest BCUT2D eigenvalue weighted by atomic mass is 9.87. The Labute approximate surface area is 146 Å².